The van der Waals surface area contributed by atoms with Crippen LogP contribution in [-0.4, -0.2) is 32.4 Å². The maximum atomic E-state index is 12.6. The maximum Gasteiger partial charge on any atom is 0.338 e. The Morgan fingerprint density at radius 2 is 2.03 bits per heavy atom. The lowest BCUT2D eigenvalue weighted by molar-refractivity contribution is 0.0457. The van der Waals surface area contributed by atoms with Gasteiger partial charge in [0.05, 0.1) is 34.5 Å². The first-order valence-corrected chi connectivity index (χ1v) is 10.4. The number of nitrogens with zero attached hydrogens (tertiary/aromatic N) is 3. The highest BCUT2D eigenvalue weighted by Crippen LogP contribution is 2.22. The molecule has 32 heavy (non-hydrogen) atoms. The number of aromatic nitrogens is 3. The second-order valence-corrected chi connectivity index (χ2v) is 7.67. The molecule has 2 aromatic carbocycles. The van der Waals surface area contributed by atoms with E-state index in [-0.39, 0.29) is 19.8 Å². The van der Waals surface area contributed by atoms with Crippen LogP contribution in [0.25, 0.3) is 11.0 Å². The van der Waals surface area contributed by atoms with Gasteiger partial charge < -0.3 is 23.7 Å². The lowest BCUT2D eigenvalue weighted by atomic mass is 10.2. The fourth-order valence-corrected chi connectivity index (χ4v) is 3.56. The molecule has 0 fully saturated rings. The van der Waals surface area contributed by atoms with E-state index in [0.717, 1.165) is 16.8 Å². The number of aryl methyl sites for hydroxylation is 2. The van der Waals surface area contributed by atoms with Crippen LogP contribution in [0.3, 0.4) is 0 Å². The zero-order valence-corrected chi connectivity index (χ0v) is 18.4. The maximum absolute atomic E-state index is 12.6. The predicted octanol–water partition coefficient (Wildman–Crippen LogP) is 4.22. The smallest absolute Gasteiger partial charge is 0.338 e. The topological polar surface area (TPSA) is 99.6 Å². The Bertz CT molecular complexity index is 1240. The van der Waals surface area contributed by atoms with Crippen molar-refractivity contribution in [1.82, 2.24) is 14.7 Å². The van der Waals surface area contributed by atoms with Gasteiger partial charge >= 0.3 is 5.97 Å². The Hall–Kier alpha value is -3.36. The molecule has 0 radical (unpaired) electrons. The van der Waals surface area contributed by atoms with Crippen molar-refractivity contribution in [2.24, 2.45) is 0 Å². The highest BCUT2D eigenvalue weighted by molar-refractivity contribution is 6.31. The number of aliphatic hydroxyl groups excluding tert-OH is 1. The molecule has 1 N–H and O–H groups in total. The standard InChI is InChI=1S/C23H22ClN3O5/c1-14-19(15(2)32-26-14)12-30-18-5-3-4-16(10-18)23(29)31-13-22-25-20-7-6-17(24)11-21(20)27(22)8-9-28/h3-7,10-11,28H,8-9,12-13H2,1-2H3. The summed E-state index contributed by atoms with van der Waals surface area (Å²) >= 11 is 6.09. The average Bonchev–Trinajstić information content (AvgIpc) is 3.29. The van der Waals surface area contributed by atoms with Crippen LogP contribution in [0.2, 0.25) is 5.02 Å². The van der Waals surface area contributed by atoms with Crippen molar-refractivity contribution in [1.29, 1.82) is 0 Å². The summed E-state index contributed by atoms with van der Waals surface area (Å²) < 4.78 is 18.2. The first kappa shape index (κ1) is 21.9. The van der Waals surface area contributed by atoms with Crippen molar-refractivity contribution >= 4 is 28.6 Å². The van der Waals surface area contributed by atoms with Crippen LogP contribution in [0.1, 0.15) is 33.2 Å². The molecule has 0 amide bonds. The fourth-order valence-electron chi connectivity index (χ4n) is 3.40. The zero-order valence-electron chi connectivity index (χ0n) is 17.7. The lowest BCUT2D eigenvalue weighted by Gasteiger charge is -2.10. The highest BCUT2D eigenvalue weighted by Gasteiger charge is 2.15. The van der Waals surface area contributed by atoms with E-state index in [4.69, 9.17) is 25.6 Å². The van der Waals surface area contributed by atoms with Crippen molar-refractivity contribution in [3.63, 3.8) is 0 Å². The second-order valence-electron chi connectivity index (χ2n) is 7.23. The van der Waals surface area contributed by atoms with Crippen molar-refractivity contribution in [2.45, 2.75) is 33.6 Å². The van der Waals surface area contributed by atoms with Crippen LogP contribution in [0, 0.1) is 13.8 Å². The monoisotopic (exact) mass is 455 g/mol. The molecule has 0 bridgehead atoms. The molecule has 0 atom stereocenters. The van der Waals surface area contributed by atoms with E-state index in [2.05, 4.69) is 10.1 Å². The number of imidazole rings is 1. The Balaban J connectivity index is 1.45. The number of hydrogen-bond donors (Lipinski definition) is 1. The quantitative estimate of drug-likeness (QED) is 0.397. The molecule has 2 aromatic heterocycles. The summed E-state index contributed by atoms with van der Waals surface area (Å²) in [6.45, 7) is 4.15. The molecule has 166 valence electrons. The van der Waals surface area contributed by atoms with Crippen molar-refractivity contribution < 1.29 is 23.9 Å². The van der Waals surface area contributed by atoms with Gasteiger partial charge in [-0.25, -0.2) is 9.78 Å². The molecule has 0 saturated heterocycles. The molecule has 0 aliphatic heterocycles. The largest absolute Gasteiger partial charge is 0.489 e. The van der Waals surface area contributed by atoms with E-state index in [0.29, 0.717) is 40.0 Å². The van der Waals surface area contributed by atoms with Crippen LogP contribution in [0.15, 0.2) is 47.0 Å². The molecule has 0 aliphatic carbocycles. The summed E-state index contributed by atoms with van der Waals surface area (Å²) in [6, 6.07) is 12.1. The molecule has 2 heterocycles. The Labute approximate surface area is 189 Å². The van der Waals surface area contributed by atoms with Crippen LogP contribution >= 0.6 is 11.6 Å². The van der Waals surface area contributed by atoms with Gasteiger partial charge in [0.2, 0.25) is 0 Å². The zero-order chi connectivity index (χ0) is 22.7. The number of esters is 1. The first-order valence-electron chi connectivity index (χ1n) is 10.0. The molecule has 0 saturated carbocycles. The fraction of sp³-hybridized carbons (Fsp3) is 0.261. The average molecular weight is 456 g/mol. The summed E-state index contributed by atoms with van der Waals surface area (Å²) in [5.41, 5.74) is 3.48. The summed E-state index contributed by atoms with van der Waals surface area (Å²) in [4.78, 5) is 17.1. The third kappa shape index (κ3) is 4.61. The van der Waals surface area contributed by atoms with Gasteiger partial charge in [-0.15, -0.1) is 0 Å². The molecule has 8 nitrogen and oxygen atoms in total. The van der Waals surface area contributed by atoms with Gasteiger partial charge in [-0.05, 0) is 50.2 Å². The summed E-state index contributed by atoms with van der Waals surface area (Å²) in [5.74, 6) is 1.25. The van der Waals surface area contributed by atoms with Gasteiger partial charge in [-0.2, -0.15) is 0 Å². The van der Waals surface area contributed by atoms with E-state index in [1.54, 1.807) is 47.0 Å². The molecule has 4 rings (SSSR count). The number of carbonyl (C=O) groups is 1. The van der Waals surface area contributed by atoms with E-state index >= 15 is 0 Å². The third-order valence-corrected chi connectivity index (χ3v) is 5.31. The van der Waals surface area contributed by atoms with Gasteiger partial charge in [0, 0.05) is 11.6 Å². The summed E-state index contributed by atoms with van der Waals surface area (Å²) in [7, 11) is 0. The first-order chi connectivity index (χ1) is 15.5. The third-order valence-electron chi connectivity index (χ3n) is 5.08. The SMILES string of the molecule is Cc1noc(C)c1COc1cccc(C(=O)OCc2nc3ccc(Cl)cc3n2CCO)c1. The van der Waals surface area contributed by atoms with E-state index in [1.807, 2.05) is 13.8 Å². The van der Waals surface area contributed by atoms with E-state index in [1.165, 1.54) is 0 Å². The van der Waals surface area contributed by atoms with Crippen LogP contribution in [0.5, 0.6) is 5.75 Å². The number of aliphatic hydroxyl groups is 1. The van der Waals surface area contributed by atoms with Crippen LogP contribution in [0.4, 0.5) is 0 Å². The molecule has 4 aromatic rings. The molecule has 0 unspecified atom stereocenters. The number of ether oxygens (including phenoxy) is 2. The molecule has 9 heteroatoms. The summed E-state index contributed by atoms with van der Waals surface area (Å²) in [5, 5.41) is 13.9. The van der Waals surface area contributed by atoms with Gasteiger partial charge in [-0.3, -0.25) is 0 Å². The Kier molecular flexibility index (Phi) is 6.43. The lowest BCUT2D eigenvalue weighted by Crippen LogP contribution is -2.11. The molecule has 0 spiro atoms. The van der Waals surface area contributed by atoms with E-state index in [9.17, 15) is 9.90 Å². The van der Waals surface area contributed by atoms with Crippen molar-refractivity contribution in [3.05, 3.63) is 75.9 Å². The number of halogens is 1. The number of fused-ring (bicyclic) bond motifs is 1. The Morgan fingerprint density at radius 1 is 1.19 bits per heavy atom. The molecule has 0 aliphatic rings. The van der Waals surface area contributed by atoms with E-state index < -0.39 is 5.97 Å². The van der Waals surface area contributed by atoms with Gasteiger partial charge in [-0.1, -0.05) is 22.8 Å². The minimum Gasteiger partial charge on any atom is -0.489 e. The summed E-state index contributed by atoms with van der Waals surface area (Å²) in [6.07, 6.45) is 0. The minimum atomic E-state index is -0.506. The van der Waals surface area contributed by atoms with Gasteiger partial charge in [0.15, 0.2) is 0 Å². The highest BCUT2D eigenvalue weighted by atomic mass is 35.5. The number of benzene rings is 2. The molecular formula is C23H22ClN3O5. The molecular weight excluding hydrogens is 434 g/mol. The number of rotatable bonds is 8. The second kappa shape index (κ2) is 9.42. The van der Waals surface area contributed by atoms with Crippen LogP contribution in [-0.2, 0) is 24.5 Å². The van der Waals surface area contributed by atoms with Crippen LogP contribution < -0.4 is 4.74 Å². The van der Waals surface area contributed by atoms with Gasteiger partial charge in [0.1, 0.15) is 30.5 Å². The van der Waals surface area contributed by atoms with Crippen molar-refractivity contribution in [3.8, 4) is 5.75 Å². The normalized spacial score (nSPS) is 11.1. The van der Waals surface area contributed by atoms with Crippen molar-refractivity contribution in [2.75, 3.05) is 6.61 Å². The van der Waals surface area contributed by atoms with Gasteiger partial charge in [0.25, 0.3) is 0 Å². The number of carbonyl (C=O) groups excluding carboxylic acids is 1. The Morgan fingerprint density at radius 3 is 2.78 bits per heavy atom. The number of hydrogen-bond acceptors (Lipinski definition) is 7. The predicted molar refractivity (Wildman–Crippen MR) is 118 cm³/mol. The minimum absolute atomic E-state index is 0.0463.